The first-order valence-corrected chi connectivity index (χ1v) is 15.4. The number of nitrogens with zero attached hydrogens (tertiary/aromatic N) is 1. The average Bonchev–Trinajstić information content (AvgIpc) is 3.49. The summed E-state index contributed by atoms with van der Waals surface area (Å²) in [6, 6.07) is 27.1. The third-order valence-electron chi connectivity index (χ3n) is 8.46. The summed E-state index contributed by atoms with van der Waals surface area (Å²) in [5.74, 6) is -1.04. The molecular weight excluding hydrogens is 572 g/mol. The Balaban J connectivity index is 0.957. The van der Waals surface area contributed by atoms with Gasteiger partial charge in [0.15, 0.2) is 5.78 Å². The summed E-state index contributed by atoms with van der Waals surface area (Å²) < 4.78 is 5.58. The van der Waals surface area contributed by atoms with E-state index in [9.17, 15) is 19.2 Å². The van der Waals surface area contributed by atoms with Gasteiger partial charge in [-0.3, -0.25) is 19.2 Å². The Kier molecular flexibility index (Phi) is 7.23. The van der Waals surface area contributed by atoms with Gasteiger partial charge in [-0.2, -0.15) is 4.37 Å². The van der Waals surface area contributed by atoms with Crippen LogP contribution in [0.4, 0.5) is 17.1 Å². The summed E-state index contributed by atoms with van der Waals surface area (Å²) in [5.41, 5.74) is 4.91. The van der Waals surface area contributed by atoms with E-state index in [0.717, 1.165) is 21.3 Å². The molecule has 0 aliphatic heterocycles. The van der Waals surface area contributed by atoms with Crippen molar-refractivity contribution in [2.75, 3.05) is 16.0 Å². The lowest BCUT2D eigenvalue weighted by molar-refractivity contribution is -0.125. The van der Waals surface area contributed by atoms with Crippen molar-refractivity contribution in [3.8, 4) is 11.3 Å². The fourth-order valence-electron chi connectivity index (χ4n) is 6.12. The second kappa shape index (κ2) is 11.5. The van der Waals surface area contributed by atoms with Crippen LogP contribution in [0.15, 0.2) is 91.0 Å². The van der Waals surface area contributed by atoms with Crippen molar-refractivity contribution in [2.45, 2.75) is 25.7 Å². The molecule has 0 saturated heterocycles. The molecule has 0 unspecified atom stereocenters. The van der Waals surface area contributed by atoms with Gasteiger partial charge in [0.25, 0.3) is 5.91 Å². The van der Waals surface area contributed by atoms with Gasteiger partial charge in [0.05, 0.1) is 21.6 Å². The minimum absolute atomic E-state index is 0.0960. The first kappa shape index (κ1) is 27.7. The van der Waals surface area contributed by atoms with Crippen LogP contribution in [0.3, 0.4) is 0 Å². The molecule has 0 atom stereocenters. The summed E-state index contributed by atoms with van der Waals surface area (Å²) >= 11 is 1.37. The standard InChI is InChI=1S/C35H28N4O4S/c40-32-26-9-5-11-28-30(26)31(39-44-28)25-8-4-10-27(29(25)32)38-35(43)21-14-12-20(13-15-21)33(41)37-24-18-16-22(17-19-24)34(42)36-23-6-2-1-3-7-23/h1-11,16-21H,12-15H2,(H,36,42)(H,37,41)(H,38,43). The van der Waals surface area contributed by atoms with Gasteiger partial charge in [-0.25, -0.2) is 0 Å². The van der Waals surface area contributed by atoms with E-state index in [1.807, 2.05) is 60.7 Å². The van der Waals surface area contributed by atoms with Gasteiger partial charge in [0.2, 0.25) is 11.8 Å². The number of rotatable bonds is 6. The highest BCUT2D eigenvalue weighted by molar-refractivity contribution is 7.13. The van der Waals surface area contributed by atoms with Gasteiger partial charge in [-0.05, 0) is 85.7 Å². The molecule has 1 heterocycles. The number of benzene rings is 4. The van der Waals surface area contributed by atoms with Gasteiger partial charge >= 0.3 is 0 Å². The van der Waals surface area contributed by atoms with Gasteiger partial charge in [-0.15, -0.1) is 0 Å². The largest absolute Gasteiger partial charge is 0.326 e. The predicted molar refractivity (Wildman–Crippen MR) is 172 cm³/mol. The highest BCUT2D eigenvalue weighted by Crippen LogP contribution is 2.43. The maximum atomic E-state index is 13.5. The lowest BCUT2D eigenvalue weighted by atomic mass is 9.81. The molecule has 1 aromatic heterocycles. The van der Waals surface area contributed by atoms with Crippen LogP contribution in [0, 0.1) is 11.8 Å². The molecule has 2 aliphatic rings. The van der Waals surface area contributed by atoms with Crippen LogP contribution in [0.5, 0.6) is 0 Å². The van der Waals surface area contributed by atoms with Crippen molar-refractivity contribution >= 4 is 62.2 Å². The fraction of sp³-hybridized carbons (Fsp3) is 0.171. The van der Waals surface area contributed by atoms with Crippen LogP contribution in [0.25, 0.3) is 21.3 Å². The molecule has 3 N–H and O–H groups in total. The maximum absolute atomic E-state index is 13.5. The van der Waals surface area contributed by atoms with Gasteiger partial charge in [0, 0.05) is 45.3 Å². The third-order valence-corrected chi connectivity index (χ3v) is 9.27. The lowest BCUT2D eigenvalue weighted by Gasteiger charge is -2.27. The van der Waals surface area contributed by atoms with Crippen LogP contribution in [0.1, 0.15) is 52.0 Å². The third kappa shape index (κ3) is 5.16. The number of nitrogens with one attached hydrogen (secondary N) is 3. The Morgan fingerprint density at radius 1 is 0.659 bits per heavy atom. The van der Waals surface area contributed by atoms with Crippen molar-refractivity contribution in [3.05, 3.63) is 108 Å². The number of carbonyl (C=O) groups excluding carboxylic acids is 4. The van der Waals surface area contributed by atoms with Crippen LogP contribution in [-0.2, 0) is 9.59 Å². The zero-order chi connectivity index (χ0) is 30.2. The van der Waals surface area contributed by atoms with Gasteiger partial charge < -0.3 is 16.0 Å². The van der Waals surface area contributed by atoms with Crippen LogP contribution >= 0.6 is 11.5 Å². The molecule has 9 heteroatoms. The summed E-state index contributed by atoms with van der Waals surface area (Å²) in [7, 11) is 0. The molecule has 7 rings (SSSR count). The number of amides is 3. The van der Waals surface area contributed by atoms with E-state index in [4.69, 9.17) is 0 Å². The average molecular weight is 601 g/mol. The Labute approximate surface area is 257 Å². The second-order valence-electron chi connectivity index (χ2n) is 11.2. The Morgan fingerprint density at radius 3 is 2.02 bits per heavy atom. The zero-order valence-corrected chi connectivity index (χ0v) is 24.4. The van der Waals surface area contributed by atoms with E-state index in [-0.39, 0.29) is 35.3 Å². The van der Waals surface area contributed by atoms with Crippen molar-refractivity contribution in [1.82, 2.24) is 4.37 Å². The first-order valence-electron chi connectivity index (χ1n) is 14.6. The van der Waals surface area contributed by atoms with E-state index in [2.05, 4.69) is 20.3 Å². The molecule has 44 heavy (non-hydrogen) atoms. The van der Waals surface area contributed by atoms with Crippen LogP contribution in [0.2, 0.25) is 0 Å². The molecule has 218 valence electrons. The minimum Gasteiger partial charge on any atom is -0.326 e. The zero-order valence-electron chi connectivity index (χ0n) is 23.6. The van der Waals surface area contributed by atoms with Crippen molar-refractivity contribution in [1.29, 1.82) is 0 Å². The molecule has 1 fully saturated rings. The van der Waals surface area contributed by atoms with Gasteiger partial charge in [-0.1, -0.05) is 42.5 Å². The molecule has 0 bridgehead atoms. The SMILES string of the molecule is O=C(Nc1ccccc1)c1ccc(NC(=O)C2CCC(C(=O)Nc3cccc4c3C(=O)c3cccc5snc-4c35)CC2)cc1. The number of fused-ring (bicyclic) bond motifs is 2. The summed E-state index contributed by atoms with van der Waals surface area (Å²) in [6.07, 6.45) is 2.30. The Morgan fingerprint density at radius 2 is 1.30 bits per heavy atom. The van der Waals surface area contributed by atoms with Crippen molar-refractivity contribution in [3.63, 3.8) is 0 Å². The molecule has 0 radical (unpaired) electrons. The topological polar surface area (TPSA) is 117 Å². The van der Waals surface area contributed by atoms with Crippen molar-refractivity contribution in [2.24, 2.45) is 11.8 Å². The molecule has 1 saturated carbocycles. The van der Waals surface area contributed by atoms with Gasteiger partial charge in [0.1, 0.15) is 0 Å². The van der Waals surface area contributed by atoms with Crippen LogP contribution < -0.4 is 16.0 Å². The monoisotopic (exact) mass is 600 g/mol. The van der Waals surface area contributed by atoms with Crippen molar-refractivity contribution < 1.29 is 19.2 Å². The van der Waals surface area contributed by atoms with E-state index in [1.54, 1.807) is 30.3 Å². The molecule has 8 nitrogen and oxygen atoms in total. The molecular formula is C35H28N4O4S. The molecule has 5 aromatic rings. The Hall–Kier alpha value is -5.15. The number of hydrogen-bond acceptors (Lipinski definition) is 6. The highest BCUT2D eigenvalue weighted by atomic mass is 32.1. The first-order chi connectivity index (χ1) is 21.5. The minimum atomic E-state index is -0.255. The molecule has 0 spiro atoms. The smallest absolute Gasteiger partial charge is 0.255 e. The number of para-hydroxylation sites is 1. The number of hydrogen-bond donors (Lipinski definition) is 3. The number of anilines is 3. The Bertz CT molecular complexity index is 1930. The lowest BCUT2D eigenvalue weighted by Crippen LogP contribution is -2.32. The quantitative estimate of drug-likeness (QED) is 0.188. The number of carbonyl (C=O) groups is 4. The molecule has 4 aromatic carbocycles. The normalized spacial score (nSPS) is 17.0. The van der Waals surface area contributed by atoms with E-state index in [1.165, 1.54) is 11.5 Å². The van der Waals surface area contributed by atoms with E-state index in [0.29, 0.717) is 59.4 Å². The second-order valence-corrected chi connectivity index (χ2v) is 12.0. The van der Waals surface area contributed by atoms with E-state index < -0.39 is 0 Å². The highest BCUT2D eigenvalue weighted by Gasteiger charge is 2.33. The number of ketones is 1. The predicted octanol–water partition coefficient (Wildman–Crippen LogP) is 7.14. The van der Waals surface area contributed by atoms with Crippen LogP contribution in [-0.4, -0.2) is 27.9 Å². The molecule has 2 aliphatic carbocycles. The maximum Gasteiger partial charge on any atom is 0.255 e. The fourth-order valence-corrected chi connectivity index (χ4v) is 6.94. The summed E-state index contributed by atoms with van der Waals surface area (Å²) in [4.78, 5) is 52.4. The van der Waals surface area contributed by atoms with E-state index >= 15 is 0 Å². The molecule has 3 amide bonds. The summed E-state index contributed by atoms with van der Waals surface area (Å²) in [5, 5.41) is 9.69. The summed E-state index contributed by atoms with van der Waals surface area (Å²) in [6.45, 7) is 0. The number of aromatic nitrogens is 1.